The molecule has 6 heteroatoms. The summed E-state index contributed by atoms with van der Waals surface area (Å²) in [6.45, 7) is 1.92. The van der Waals surface area contributed by atoms with Crippen molar-refractivity contribution in [3.63, 3.8) is 0 Å². The van der Waals surface area contributed by atoms with E-state index in [0.29, 0.717) is 10.6 Å². The van der Waals surface area contributed by atoms with Gasteiger partial charge in [0.15, 0.2) is 0 Å². The summed E-state index contributed by atoms with van der Waals surface area (Å²) < 4.78 is 29.1. The fourth-order valence-corrected chi connectivity index (χ4v) is 4.72. The van der Waals surface area contributed by atoms with Crippen LogP contribution >= 0.6 is 11.6 Å². The highest BCUT2D eigenvalue weighted by Crippen LogP contribution is 2.33. The second-order valence-electron chi connectivity index (χ2n) is 6.68. The first-order valence-corrected chi connectivity index (χ1v) is 10.7. The Balaban J connectivity index is 1.84. The number of hydrogen-bond donors (Lipinski definition) is 2. The first-order chi connectivity index (χ1) is 13.5. The fourth-order valence-electron chi connectivity index (χ4n) is 3.28. The fraction of sp³-hybridized carbons (Fsp3) is 0.0909. The third-order valence-corrected chi connectivity index (χ3v) is 6.54. The molecule has 4 nitrogen and oxygen atoms in total. The van der Waals surface area contributed by atoms with Gasteiger partial charge in [-0.15, -0.1) is 0 Å². The molecule has 4 aromatic rings. The average Bonchev–Trinajstić information content (AvgIpc) is 3.11. The number of para-hydroxylation sites is 1. The molecular formula is C22H19ClN2O2S. The lowest BCUT2D eigenvalue weighted by Gasteiger charge is -2.20. The van der Waals surface area contributed by atoms with E-state index >= 15 is 0 Å². The lowest BCUT2D eigenvalue weighted by Crippen LogP contribution is -2.29. The number of aromatic amines is 1. The number of rotatable bonds is 5. The minimum absolute atomic E-state index is 0.218. The van der Waals surface area contributed by atoms with Gasteiger partial charge in [0, 0.05) is 22.1 Å². The number of H-pyrrole nitrogens is 1. The molecule has 1 heterocycles. The van der Waals surface area contributed by atoms with E-state index in [9.17, 15) is 8.42 Å². The van der Waals surface area contributed by atoms with Crippen molar-refractivity contribution in [2.24, 2.45) is 0 Å². The molecule has 0 saturated carbocycles. The van der Waals surface area contributed by atoms with Crippen LogP contribution in [0.1, 0.15) is 22.7 Å². The predicted octanol–water partition coefficient (Wildman–Crippen LogP) is 5.20. The van der Waals surface area contributed by atoms with Crippen molar-refractivity contribution in [3.8, 4) is 0 Å². The smallest absolute Gasteiger partial charge is 0.241 e. The Morgan fingerprint density at radius 1 is 0.893 bits per heavy atom. The van der Waals surface area contributed by atoms with E-state index in [-0.39, 0.29) is 4.90 Å². The summed E-state index contributed by atoms with van der Waals surface area (Å²) in [7, 11) is -3.76. The van der Waals surface area contributed by atoms with Crippen molar-refractivity contribution in [2.75, 3.05) is 0 Å². The van der Waals surface area contributed by atoms with Crippen LogP contribution in [0.15, 0.2) is 83.9 Å². The van der Waals surface area contributed by atoms with Gasteiger partial charge in [0.2, 0.25) is 10.0 Å². The standard InChI is InChI=1S/C22H19ClN2O2S/c1-15-10-12-16(13-11-15)28(26,27)25-22(18-7-2-4-8-20(18)23)19-14-24-21-9-5-3-6-17(19)21/h2-14,22,24-25H,1H3. The Kier molecular flexibility index (Phi) is 4.98. The molecule has 0 radical (unpaired) electrons. The van der Waals surface area contributed by atoms with Crippen LogP contribution in [-0.2, 0) is 10.0 Å². The number of fused-ring (bicyclic) bond motifs is 1. The van der Waals surface area contributed by atoms with Gasteiger partial charge >= 0.3 is 0 Å². The number of nitrogens with one attached hydrogen (secondary N) is 2. The summed E-state index contributed by atoms with van der Waals surface area (Å²) in [5.74, 6) is 0. The van der Waals surface area contributed by atoms with Crippen molar-refractivity contribution in [3.05, 3.63) is 101 Å². The largest absolute Gasteiger partial charge is 0.361 e. The van der Waals surface area contributed by atoms with E-state index in [1.54, 1.807) is 30.3 Å². The van der Waals surface area contributed by atoms with Crippen LogP contribution in [0.25, 0.3) is 10.9 Å². The second-order valence-corrected chi connectivity index (χ2v) is 8.80. The molecule has 4 rings (SSSR count). The van der Waals surface area contributed by atoms with Crippen LogP contribution in [0.5, 0.6) is 0 Å². The molecule has 0 aliphatic heterocycles. The maximum absolute atomic E-state index is 13.1. The summed E-state index contributed by atoms with van der Waals surface area (Å²) >= 11 is 6.44. The molecule has 2 N–H and O–H groups in total. The third kappa shape index (κ3) is 3.56. The van der Waals surface area contributed by atoms with Crippen molar-refractivity contribution in [2.45, 2.75) is 17.9 Å². The highest BCUT2D eigenvalue weighted by Gasteiger charge is 2.26. The molecule has 1 atom stereocenters. The first-order valence-electron chi connectivity index (χ1n) is 8.85. The molecule has 3 aromatic carbocycles. The molecule has 0 amide bonds. The maximum Gasteiger partial charge on any atom is 0.241 e. The van der Waals surface area contributed by atoms with Gasteiger partial charge in [0.1, 0.15) is 0 Å². The van der Waals surface area contributed by atoms with Gasteiger partial charge in [-0.05, 0) is 42.3 Å². The Morgan fingerprint density at radius 2 is 1.57 bits per heavy atom. The topological polar surface area (TPSA) is 62.0 Å². The summed E-state index contributed by atoms with van der Waals surface area (Å²) in [4.78, 5) is 3.43. The SMILES string of the molecule is Cc1ccc(S(=O)(=O)NC(c2ccccc2Cl)c2c[nH]c3ccccc23)cc1. The highest BCUT2D eigenvalue weighted by molar-refractivity contribution is 7.89. The number of hydrogen-bond acceptors (Lipinski definition) is 2. The second kappa shape index (κ2) is 7.43. The molecule has 0 spiro atoms. The van der Waals surface area contributed by atoms with Crippen LogP contribution in [-0.4, -0.2) is 13.4 Å². The molecule has 1 aromatic heterocycles. The van der Waals surface area contributed by atoms with E-state index < -0.39 is 16.1 Å². The van der Waals surface area contributed by atoms with Crippen LogP contribution in [0.3, 0.4) is 0 Å². The quantitative estimate of drug-likeness (QED) is 0.475. The van der Waals surface area contributed by atoms with Gasteiger partial charge in [0.25, 0.3) is 0 Å². The van der Waals surface area contributed by atoms with Crippen molar-refractivity contribution in [1.29, 1.82) is 0 Å². The van der Waals surface area contributed by atoms with E-state index in [1.165, 1.54) is 0 Å². The van der Waals surface area contributed by atoms with E-state index in [1.807, 2.05) is 55.6 Å². The number of sulfonamides is 1. The Hall–Kier alpha value is -2.60. The molecule has 0 aliphatic rings. The van der Waals surface area contributed by atoms with E-state index in [0.717, 1.165) is 22.0 Å². The van der Waals surface area contributed by atoms with Gasteiger partial charge < -0.3 is 4.98 Å². The lowest BCUT2D eigenvalue weighted by molar-refractivity contribution is 0.572. The zero-order valence-corrected chi connectivity index (χ0v) is 16.8. The van der Waals surface area contributed by atoms with Crippen LogP contribution < -0.4 is 4.72 Å². The number of halogens is 1. The molecule has 0 saturated heterocycles. The maximum atomic E-state index is 13.1. The van der Waals surface area contributed by atoms with Gasteiger partial charge in [-0.2, -0.15) is 4.72 Å². The normalized spacial score (nSPS) is 12.9. The minimum Gasteiger partial charge on any atom is -0.361 e. The molecule has 0 aliphatic carbocycles. The van der Waals surface area contributed by atoms with Crippen LogP contribution in [0, 0.1) is 6.92 Å². The first kappa shape index (κ1) is 18.7. The van der Waals surface area contributed by atoms with Gasteiger partial charge in [0.05, 0.1) is 10.9 Å². The Bertz CT molecular complexity index is 1230. The van der Waals surface area contributed by atoms with Crippen molar-refractivity contribution < 1.29 is 8.42 Å². The van der Waals surface area contributed by atoms with E-state index in [2.05, 4.69) is 9.71 Å². The number of aromatic nitrogens is 1. The zero-order chi connectivity index (χ0) is 19.7. The number of aryl methyl sites for hydroxylation is 1. The van der Waals surface area contributed by atoms with Crippen LogP contribution in [0.4, 0.5) is 0 Å². The van der Waals surface area contributed by atoms with Crippen molar-refractivity contribution >= 4 is 32.5 Å². The number of benzene rings is 3. The average molecular weight is 411 g/mol. The molecule has 0 fully saturated rings. The molecule has 1 unspecified atom stereocenters. The summed E-state index contributed by atoms with van der Waals surface area (Å²) in [6, 6.07) is 21.2. The molecular weight excluding hydrogens is 392 g/mol. The summed E-state index contributed by atoms with van der Waals surface area (Å²) in [6.07, 6.45) is 1.83. The molecule has 142 valence electrons. The monoisotopic (exact) mass is 410 g/mol. The van der Waals surface area contributed by atoms with Gasteiger partial charge in [-0.3, -0.25) is 0 Å². The Morgan fingerprint density at radius 3 is 2.32 bits per heavy atom. The highest BCUT2D eigenvalue weighted by atomic mass is 35.5. The minimum atomic E-state index is -3.76. The molecule has 28 heavy (non-hydrogen) atoms. The van der Waals surface area contributed by atoms with Crippen molar-refractivity contribution in [1.82, 2.24) is 9.71 Å². The zero-order valence-electron chi connectivity index (χ0n) is 15.2. The van der Waals surface area contributed by atoms with E-state index in [4.69, 9.17) is 11.6 Å². The summed E-state index contributed by atoms with van der Waals surface area (Å²) in [5, 5.41) is 1.45. The lowest BCUT2D eigenvalue weighted by atomic mass is 9.99. The van der Waals surface area contributed by atoms with Gasteiger partial charge in [-0.25, -0.2) is 8.42 Å². The summed E-state index contributed by atoms with van der Waals surface area (Å²) in [5.41, 5.74) is 3.45. The van der Waals surface area contributed by atoms with Crippen LogP contribution in [0.2, 0.25) is 5.02 Å². The predicted molar refractivity (Wildman–Crippen MR) is 113 cm³/mol. The molecule has 0 bridgehead atoms. The third-order valence-electron chi connectivity index (χ3n) is 4.75. The van der Waals surface area contributed by atoms with Gasteiger partial charge in [-0.1, -0.05) is 65.7 Å². The Labute approximate surface area is 169 Å².